The summed E-state index contributed by atoms with van der Waals surface area (Å²) in [7, 11) is 4.03. The number of hydrogen-bond donors (Lipinski definition) is 6. The van der Waals surface area contributed by atoms with Gasteiger partial charge in [-0.3, -0.25) is 19.8 Å². The molecule has 0 aromatic rings. The number of piperidine rings is 2. The van der Waals surface area contributed by atoms with Gasteiger partial charge in [0.1, 0.15) is 12.3 Å². The molecule has 0 aromatic heterocycles. The van der Waals surface area contributed by atoms with Gasteiger partial charge in [-0.1, -0.05) is 19.3 Å². The van der Waals surface area contributed by atoms with Crippen LogP contribution in [0.25, 0.3) is 0 Å². The standard InChI is InChI=1S/C29H53F2N9O2/c1-38(2)12-6-11-34-28(41)19-9-13-39(14-10-19)25-20(30)15-33-16-22(25)35-29(42)23-26(32)37-40-17-21(31)24(36-27(23)40)18-7-4-3-5-8-18/h18-27,33,36-37H,3-17,32H2,1-2H3,(H,34,41)(H,35,42). The summed E-state index contributed by atoms with van der Waals surface area (Å²) >= 11 is 0. The van der Waals surface area contributed by atoms with E-state index in [9.17, 15) is 9.59 Å². The molecule has 11 nitrogen and oxygen atoms in total. The highest BCUT2D eigenvalue weighted by Gasteiger charge is 2.52. The van der Waals surface area contributed by atoms with Crippen LogP contribution < -0.4 is 32.4 Å². The Balaban J connectivity index is 1.17. The molecule has 0 bridgehead atoms. The number of likely N-dealkylation sites (tertiary alicyclic amines) is 1. The van der Waals surface area contributed by atoms with E-state index in [1.807, 2.05) is 14.1 Å². The first-order valence-electron chi connectivity index (χ1n) is 16.2. The predicted molar refractivity (Wildman–Crippen MR) is 157 cm³/mol. The van der Waals surface area contributed by atoms with Gasteiger partial charge in [-0.05, 0) is 71.8 Å². The number of nitrogens with two attached hydrogens (primary N) is 1. The van der Waals surface area contributed by atoms with Gasteiger partial charge in [-0.25, -0.2) is 19.2 Å². The average Bonchev–Trinajstić information content (AvgIpc) is 3.29. The van der Waals surface area contributed by atoms with Crippen LogP contribution in [0, 0.1) is 17.8 Å². The van der Waals surface area contributed by atoms with Crippen molar-refractivity contribution in [2.75, 3.05) is 59.9 Å². The fourth-order valence-electron chi connectivity index (χ4n) is 7.92. The van der Waals surface area contributed by atoms with Crippen LogP contribution in [-0.4, -0.2) is 129 Å². The molecule has 4 saturated heterocycles. The molecular formula is C29H53F2N9O2. The van der Waals surface area contributed by atoms with E-state index in [4.69, 9.17) is 5.73 Å². The summed E-state index contributed by atoms with van der Waals surface area (Å²) in [6.07, 6.45) is 4.41. The third-order valence-corrected chi connectivity index (χ3v) is 10.2. The van der Waals surface area contributed by atoms with Gasteiger partial charge in [-0.15, -0.1) is 0 Å². The lowest BCUT2D eigenvalue weighted by Crippen LogP contribution is -2.68. The first kappa shape index (κ1) is 31.9. The monoisotopic (exact) mass is 597 g/mol. The molecule has 1 aliphatic carbocycles. The third-order valence-electron chi connectivity index (χ3n) is 10.2. The smallest absolute Gasteiger partial charge is 0.229 e. The number of amides is 2. The number of halogens is 2. The van der Waals surface area contributed by atoms with Gasteiger partial charge in [0, 0.05) is 38.1 Å². The number of alkyl halides is 2. The van der Waals surface area contributed by atoms with E-state index in [0.29, 0.717) is 39.0 Å². The molecule has 5 rings (SSSR count). The van der Waals surface area contributed by atoms with Crippen LogP contribution in [0.5, 0.6) is 0 Å². The SMILES string of the molecule is CN(C)CCCNC(=O)C1CCN(C2C(F)CNCC2NC(=O)C2C(N)NN3CC(F)C(C4CCCCC4)NC23)CC1. The van der Waals surface area contributed by atoms with E-state index in [1.165, 1.54) is 6.42 Å². The van der Waals surface area contributed by atoms with E-state index in [0.717, 1.165) is 38.6 Å². The Hall–Kier alpha value is -1.48. The zero-order valence-electron chi connectivity index (χ0n) is 25.4. The van der Waals surface area contributed by atoms with Crippen molar-refractivity contribution in [1.82, 2.24) is 41.5 Å². The summed E-state index contributed by atoms with van der Waals surface area (Å²) in [5, 5.41) is 14.5. The minimum absolute atomic E-state index is 0.0733. The summed E-state index contributed by atoms with van der Waals surface area (Å²) in [4.78, 5) is 30.7. The van der Waals surface area contributed by atoms with Gasteiger partial charge in [0.15, 0.2) is 0 Å². The zero-order chi connectivity index (χ0) is 29.8. The molecule has 1 saturated carbocycles. The normalized spacial score (nSPS) is 37.5. The molecule has 2 amide bonds. The Morgan fingerprint density at radius 1 is 1.00 bits per heavy atom. The molecule has 4 heterocycles. The van der Waals surface area contributed by atoms with Crippen LogP contribution in [0.1, 0.15) is 51.4 Å². The minimum atomic E-state index is -1.15. The molecule has 240 valence electrons. The molecule has 42 heavy (non-hydrogen) atoms. The summed E-state index contributed by atoms with van der Waals surface area (Å²) in [5.41, 5.74) is 9.51. The molecule has 0 spiro atoms. The van der Waals surface area contributed by atoms with Gasteiger partial charge in [0.05, 0.1) is 30.3 Å². The lowest BCUT2D eigenvalue weighted by atomic mass is 9.80. The van der Waals surface area contributed by atoms with E-state index >= 15 is 8.78 Å². The van der Waals surface area contributed by atoms with Crippen molar-refractivity contribution in [1.29, 1.82) is 0 Å². The second-order valence-electron chi connectivity index (χ2n) is 13.4. The molecule has 7 N–H and O–H groups in total. The second kappa shape index (κ2) is 14.5. The number of nitrogens with zero attached hydrogens (tertiary/aromatic N) is 3. The summed E-state index contributed by atoms with van der Waals surface area (Å²) in [6.45, 7) is 3.67. The zero-order valence-corrected chi connectivity index (χ0v) is 25.4. The van der Waals surface area contributed by atoms with Crippen molar-refractivity contribution in [3.8, 4) is 0 Å². The molecular weight excluding hydrogens is 544 g/mol. The third kappa shape index (κ3) is 7.41. The van der Waals surface area contributed by atoms with Gasteiger partial charge in [-0.2, -0.15) is 0 Å². The topological polar surface area (TPSA) is 130 Å². The molecule has 5 fully saturated rings. The van der Waals surface area contributed by atoms with Crippen molar-refractivity contribution in [3.05, 3.63) is 0 Å². The lowest BCUT2D eigenvalue weighted by molar-refractivity contribution is -0.129. The first-order chi connectivity index (χ1) is 20.2. The van der Waals surface area contributed by atoms with Crippen LogP contribution in [0.2, 0.25) is 0 Å². The van der Waals surface area contributed by atoms with Crippen LogP contribution >= 0.6 is 0 Å². The van der Waals surface area contributed by atoms with Crippen molar-refractivity contribution in [3.63, 3.8) is 0 Å². The number of fused-ring (bicyclic) bond motifs is 1. The minimum Gasteiger partial charge on any atom is -0.356 e. The fourth-order valence-corrected chi connectivity index (χ4v) is 7.92. The second-order valence-corrected chi connectivity index (χ2v) is 13.4. The van der Waals surface area contributed by atoms with Gasteiger partial charge in [0.25, 0.3) is 0 Å². The number of rotatable bonds is 9. The Morgan fingerprint density at radius 2 is 1.74 bits per heavy atom. The Bertz CT molecular complexity index is 902. The maximum absolute atomic E-state index is 15.4. The van der Waals surface area contributed by atoms with Gasteiger partial charge < -0.3 is 26.6 Å². The number of hydrazine groups is 1. The van der Waals surface area contributed by atoms with Crippen molar-refractivity contribution >= 4 is 11.8 Å². The number of carbonyl (C=O) groups is 2. The maximum Gasteiger partial charge on any atom is 0.229 e. The molecule has 4 aliphatic heterocycles. The van der Waals surface area contributed by atoms with Crippen molar-refractivity contribution < 1.29 is 18.4 Å². The van der Waals surface area contributed by atoms with E-state index in [-0.39, 0.29) is 42.8 Å². The van der Waals surface area contributed by atoms with E-state index in [2.05, 4.69) is 36.5 Å². The molecule has 8 atom stereocenters. The highest BCUT2D eigenvalue weighted by atomic mass is 19.1. The number of carbonyl (C=O) groups excluding carboxylic acids is 2. The van der Waals surface area contributed by atoms with Crippen LogP contribution in [0.15, 0.2) is 0 Å². The largest absolute Gasteiger partial charge is 0.356 e. The highest BCUT2D eigenvalue weighted by Crippen LogP contribution is 2.34. The molecule has 8 unspecified atom stereocenters. The van der Waals surface area contributed by atoms with E-state index in [1.54, 1.807) is 5.01 Å². The molecule has 0 aromatic carbocycles. The summed E-state index contributed by atoms with van der Waals surface area (Å²) in [6, 6.07) is -1.21. The quantitative estimate of drug-likeness (QED) is 0.195. The summed E-state index contributed by atoms with van der Waals surface area (Å²) < 4.78 is 30.7. The maximum atomic E-state index is 15.4. The number of nitrogens with one attached hydrogen (secondary N) is 5. The van der Waals surface area contributed by atoms with Crippen LogP contribution in [0.3, 0.4) is 0 Å². The molecule has 0 radical (unpaired) electrons. The highest BCUT2D eigenvalue weighted by molar-refractivity contribution is 5.81. The van der Waals surface area contributed by atoms with Crippen molar-refractivity contribution in [2.45, 2.75) is 94.2 Å². The Kier molecular flexibility index (Phi) is 11.0. The average molecular weight is 598 g/mol. The lowest BCUT2D eigenvalue weighted by Gasteiger charge is -2.46. The molecule has 5 aliphatic rings. The Morgan fingerprint density at radius 3 is 2.45 bits per heavy atom. The van der Waals surface area contributed by atoms with Gasteiger partial charge >= 0.3 is 0 Å². The first-order valence-corrected chi connectivity index (χ1v) is 16.2. The Labute approximate surface area is 249 Å². The predicted octanol–water partition coefficient (Wildman–Crippen LogP) is -0.501. The van der Waals surface area contributed by atoms with Crippen LogP contribution in [-0.2, 0) is 9.59 Å². The molecule has 13 heteroatoms. The number of hydrogen-bond acceptors (Lipinski definition) is 9. The van der Waals surface area contributed by atoms with Crippen LogP contribution in [0.4, 0.5) is 8.78 Å². The summed E-state index contributed by atoms with van der Waals surface area (Å²) in [5.74, 6) is -0.608. The fraction of sp³-hybridized carbons (Fsp3) is 0.931. The van der Waals surface area contributed by atoms with Gasteiger partial charge in [0.2, 0.25) is 11.8 Å². The van der Waals surface area contributed by atoms with E-state index < -0.39 is 42.7 Å². The van der Waals surface area contributed by atoms with Crippen molar-refractivity contribution in [2.24, 2.45) is 23.5 Å².